The molecule has 1 saturated carbocycles. The summed E-state index contributed by atoms with van der Waals surface area (Å²) < 4.78 is 48.3. The fourth-order valence-electron chi connectivity index (χ4n) is 7.81. The lowest BCUT2D eigenvalue weighted by molar-refractivity contribution is -0.274. The van der Waals surface area contributed by atoms with E-state index in [-0.39, 0.29) is 24.0 Å². The summed E-state index contributed by atoms with van der Waals surface area (Å²) in [7, 11) is 0. The number of aliphatic hydroxyl groups is 1. The number of hydrogen-bond donors (Lipinski definition) is 1. The molecule has 2 aromatic carbocycles. The van der Waals surface area contributed by atoms with E-state index in [2.05, 4.69) is 24.7 Å². The molecule has 2 fully saturated rings. The number of halogens is 3. The average Bonchev–Trinajstić information content (AvgIpc) is 3.66. The lowest BCUT2D eigenvalue weighted by Gasteiger charge is -2.43. The van der Waals surface area contributed by atoms with E-state index in [1.54, 1.807) is 4.90 Å². The molecule has 1 spiro atoms. The number of carbonyl (C=O) groups is 2. The second-order valence-corrected chi connectivity index (χ2v) is 14.9. The van der Waals surface area contributed by atoms with E-state index >= 15 is 0 Å². The maximum absolute atomic E-state index is 14.1. The molecule has 1 saturated heterocycles. The van der Waals surface area contributed by atoms with Crippen LogP contribution in [0.1, 0.15) is 95.1 Å². The zero-order valence-electron chi connectivity index (χ0n) is 26.9. The third-order valence-corrected chi connectivity index (χ3v) is 11.4. The molecule has 2 heterocycles. The van der Waals surface area contributed by atoms with Crippen molar-refractivity contribution in [3.05, 3.63) is 98.3 Å². The van der Waals surface area contributed by atoms with Gasteiger partial charge in [0.25, 0.3) is 0 Å². The number of thiophene rings is 1. The first-order valence-corrected chi connectivity index (χ1v) is 17.0. The van der Waals surface area contributed by atoms with Crippen LogP contribution in [0.2, 0.25) is 0 Å². The molecule has 1 aliphatic heterocycles. The zero-order chi connectivity index (χ0) is 33.6. The molecule has 47 heavy (non-hydrogen) atoms. The average molecular weight is 668 g/mol. The van der Waals surface area contributed by atoms with Crippen LogP contribution >= 0.6 is 11.3 Å². The number of fused-ring (bicyclic) bond motifs is 8. The molecule has 250 valence electrons. The highest BCUT2D eigenvalue weighted by Gasteiger charge is 2.64. The summed E-state index contributed by atoms with van der Waals surface area (Å²) in [5.41, 5.74) is 3.01. The van der Waals surface area contributed by atoms with Gasteiger partial charge in [-0.3, -0.25) is 9.69 Å². The number of aliphatic hydroxyl groups excluding tert-OH is 1. The first-order chi connectivity index (χ1) is 22.2. The third-order valence-electron chi connectivity index (χ3n) is 10.4. The fourth-order valence-corrected chi connectivity index (χ4v) is 8.63. The SMILES string of the molecule is CC1=CCC[C@@]2(C)[C@@H](CC[C@@]23CN(Cc2ccc(OC(F)(F)F)cc2)C(=O)O3)c2ccc(cc2C(=O)c2ccc(C)s2)C[C@@H](O)CC1. The van der Waals surface area contributed by atoms with Gasteiger partial charge in [-0.1, -0.05) is 42.8 Å². The number of hydrogen-bond acceptors (Lipinski definition) is 6. The minimum absolute atomic E-state index is 0.0384. The Morgan fingerprint density at radius 3 is 2.55 bits per heavy atom. The number of aryl methyl sites for hydroxylation is 1. The van der Waals surface area contributed by atoms with Crippen LogP contribution < -0.4 is 4.74 Å². The zero-order valence-corrected chi connectivity index (χ0v) is 27.7. The summed E-state index contributed by atoms with van der Waals surface area (Å²) >= 11 is 1.47. The first-order valence-electron chi connectivity index (χ1n) is 16.2. The van der Waals surface area contributed by atoms with Gasteiger partial charge in [0, 0.05) is 22.4 Å². The van der Waals surface area contributed by atoms with E-state index in [0.29, 0.717) is 41.8 Å². The Hall–Kier alpha value is -3.63. The molecular formula is C37H40F3NO5S. The predicted molar refractivity (Wildman–Crippen MR) is 174 cm³/mol. The van der Waals surface area contributed by atoms with Gasteiger partial charge in [-0.25, -0.2) is 4.79 Å². The quantitative estimate of drug-likeness (QED) is 0.217. The minimum atomic E-state index is -4.78. The molecule has 3 aliphatic carbocycles. The highest BCUT2D eigenvalue weighted by molar-refractivity contribution is 7.14. The summed E-state index contributed by atoms with van der Waals surface area (Å²) in [6, 6.07) is 15.4. The smallest absolute Gasteiger partial charge is 0.440 e. The Bertz CT molecular complexity index is 1680. The van der Waals surface area contributed by atoms with Gasteiger partial charge < -0.3 is 14.6 Å². The number of carbonyl (C=O) groups excluding carboxylic acids is 2. The molecule has 1 amide bonds. The summed E-state index contributed by atoms with van der Waals surface area (Å²) in [6.07, 6.45) is 1.11. The Kier molecular flexibility index (Phi) is 9.04. The van der Waals surface area contributed by atoms with Crippen molar-refractivity contribution in [3.8, 4) is 5.75 Å². The second kappa shape index (κ2) is 12.8. The lowest BCUT2D eigenvalue weighted by atomic mass is 9.65. The van der Waals surface area contributed by atoms with Crippen LogP contribution in [0.4, 0.5) is 18.0 Å². The van der Waals surface area contributed by atoms with Crippen LogP contribution in [0.5, 0.6) is 5.75 Å². The summed E-state index contributed by atoms with van der Waals surface area (Å²) in [4.78, 5) is 30.9. The van der Waals surface area contributed by atoms with E-state index in [9.17, 15) is 27.9 Å². The Balaban J connectivity index is 1.35. The van der Waals surface area contributed by atoms with E-state index in [4.69, 9.17) is 4.74 Å². The van der Waals surface area contributed by atoms with Crippen molar-refractivity contribution >= 4 is 23.2 Å². The summed E-state index contributed by atoms with van der Waals surface area (Å²) in [6.45, 7) is 6.76. The van der Waals surface area contributed by atoms with Crippen molar-refractivity contribution < 1.29 is 37.3 Å². The van der Waals surface area contributed by atoms with Crippen LogP contribution in [0.25, 0.3) is 0 Å². The number of ether oxygens (including phenoxy) is 2. The van der Waals surface area contributed by atoms with E-state index in [1.807, 2.05) is 37.3 Å². The first kappa shape index (κ1) is 33.3. The van der Waals surface area contributed by atoms with Gasteiger partial charge in [0.05, 0.1) is 17.5 Å². The maximum Gasteiger partial charge on any atom is 0.573 e. The third kappa shape index (κ3) is 6.85. The molecular weight excluding hydrogens is 627 g/mol. The van der Waals surface area contributed by atoms with Crippen molar-refractivity contribution in [1.82, 2.24) is 4.90 Å². The Labute approximate surface area is 277 Å². The Morgan fingerprint density at radius 1 is 1.09 bits per heavy atom. The topological polar surface area (TPSA) is 76.1 Å². The number of nitrogens with zero attached hydrogens (tertiary/aromatic N) is 1. The van der Waals surface area contributed by atoms with Gasteiger partial charge in [0.1, 0.15) is 11.4 Å². The van der Waals surface area contributed by atoms with Gasteiger partial charge in [-0.15, -0.1) is 24.5 Å². The van der Waals surface area contributed by atoms with Crippen molar-refractivity contribution in [2.24, 2.45) is 5.41 Å². The number of alkyl halides is 3. The predicted octanol–water partition coefficient (Wildman–Crippen LogP) is 8.88. The molecule has 6 nitrogen and oxygen atoms in total. The van der Waals surface area contributed by atoms with Crippen LogP contribution in [-0.2, 0) is 17.7 Å². The molecule has 1 N–H and O–H groups in total. The standard InChI is InChI=1S/C37H40F3NO5S/c1-23-5-4-17-35(3)31(29-14-10-26(19-27(42)11-6-23)20-30(29)33(43)32-15-7-24(2)47-32)16-18-36(35)22-41(34(44)46-36)21-25-8-12-28(13-9-25)45-37(38,39)40/h5,7-10,12-15,20,27,31,42H,4,6,11,16-19,21-22H2,1-3H3/t27-,31-,35-,36+/m0/s1. The molecule has 3 aromatic rings. The molecule has 0 unspecified atom stereocenters. The van der Waals surface area contributed by atoms with Crippen molar-refractivity contribution in [3.63, 3.8) is 0 Å². The monoisotopic (exact) mass is 667 g/mol. The van der Waals surface area contributed by atoms with Gasteiger partial charge in [-0.2, -0.15) is 0 Å². The summed E-state index contributed by atoms with van der Waals surface area (Å²) in [5, 5.41) is 10.8. The summed E-state index contributed by atoms with van der Waals surface area (Å²) in [5.74, 6) is -0.437. The number of benzene rings is 2. The normalized spacial score (nSPS) is 26.6. The van der Waals surface area contributed by atoms with Crippen LogP contribution in [0.3, 0.4) is 0 Å². The molecule has 4 aliphatic rings. The molecule has 4 atom stereocenters. The molecule has 10 heteroatoms. The lowest BCUT2D eigenvalue weighted by Crippen LogP contribution is -2.48. The van der Waals surface area contributed by atoms with Crippen LogP contribution in [0.15, 0.2) is 66.2 Å². The highest BCUT2D eigenvalue weighted by atomic mass is 32.1. The van der Waals surface area contributed by atoms with E-state index in [1.165, 1.54) is 41.2 Å². The number of allylic oxidation sites excluding steroid dienone is 2. The van der Waals surface area contributed by atoms with Crippen molar-refractivity contribution in [1.29, 1.82) is 0 Å². The largest absolute Gasteiger partial charge is 0.573 e. The van der Waals surface area contributed by atoms with Crippen molar-refractivity contribution in [2.75, 3.05) is 6.54 Å². The van der Waals surface area contributed by atoms with Gasteiger partial charge >= 0.3 is 12.5 Å². The van der Waals surface area contributed by atoms with E-state index in [0.717, 1.165) is 41.7 Å². The number of ketones is 1. The Morgan fingerprint density at radius 2 is 1.85 bits per heavy atom. The second-order valence-electron chi connectivity index (χ2n) is 13.6. The fraction of sp³-hybridized carbons (Fsp3) is 0.459. The maximum atomic E-state index is 14.1. The molecule has 7 rings (SSSR count). The minimum Gasteiger partial charge on any atom is -0.440 e. The number of rotatable bonds is 5. The van der Waals surface area contributed by atoms with Gasteiger partial charge in [0.2, 0.25) is 5.78 Å². The van der Waals surface area contributed by atoms with Gasteiger partial charge in [-0.05, 0) is 112 Å². The van der Waals surface area contributed by atoms with Crippen LogP contribution in [-0.4, -0.2) is 46.5 Å². The molecule has 1 aromatic heterocycles. The number of amides is 1. The van der Waals surface area contributed by atoms with Gasteiger partial charge in [0.15, 0.2) is 0 Å². The van der Waals surface area contributed by atoms with Crippen molar-refractivity contribution in [2.45, 2.75) is 96.2 Å². The van der Waals surface area contributed by atoms with E-state index < -0.39 is 29.6 Å². The molecule has 0 radical (unpaired) electrons. The highest BCUT2D eigenvalue weighted by Crippen LogP contribution is 2.62. The molecule has 2 bridgehead atoms. The van der Waals surface area contributed by atoms with Crippen LogP contribution in [0, 0.1) is 12.3 Å².